The van der Waals surface area contributed by atoms with Crippen LogP contribution in [0.5, 0.6) is 0 Å². The summed E-state index contributed by atoms with van der Waals surface area (Å²) in [5.41, 5.74) is 13.7. The van der Waals surface area contributed by atoms with Crippen LogP contribution >= 0.6 is 0 Å². The fourth-order valence-corrected chi connectivity index (χ4v) is 7.25. The number of hydrogen-bond acceptors (Lipinski definition) is 1. The molecule has 0 saturated heterocycles. The van der Waals surface area contributed by atoms with E-state index in [1.807, 2.05) is 18.5 Å². The minimum Gasteiger partial charge on any atom is -0.310 e. The number of aromatic nitrogens is 3. The Morgan fingerprint density at radius 3 is 1.88 bits per heavy atom. The molecule has 0 amide bonds. The lowest BCUT2D eigenvalue weighted by atomic mass is 9.98. The highest BCUT2D eigenvalue weighted by Gasteiger charge is 2.16. The van der Waals surface area contributed by atoms with Gasteiger partial charge in [-0.2, -0.15) is 0 Å². The van der Waals surface area contributed by atoms with E-state index in [0.29, 0.717) is 0 Å². The second kappa shape index (κ2) is 12.4. The van der Waals surface area contributed by atoms with Crippen molar-refractivity contribution >= 4 is 44.4 Å². The van der Waals surface area contributed by atoms with E-state index in [1.54, 1.807) is 0 Å². The molecule has 0 N–H and O–H groups in total. The molecule has 0 fully saturated rings. The summed E-state index contributed by atoms with van der Waals surface area (Å²) in [6.07, 6.45) is 7.94. The van der Waals surface area contributed by atoms with E-state index in [1.165, 1.54) is 38.3 Å². The van der Waals surface area contributed by atoms with Crippen LogP contribution in [0, 0.1) is 0 Å². The monoisotopic (exact) mass is 639 g/mol. The predicted molar refractivity (Wildman–Crippen MR) is 211 cm³/mol. The Morgan fingerprint density at radius 1 is 0.480 bits per heavy atom. The minimum absolute atomic E-state index is 1.06. The van der Waals surface area contributed by atoms with Gasteiger partial charge in [0.2, 0.25) is 0 Å². The maximum atomic E-state index is 4.27. The number of fused-ring (bicyclic) bond motifs is 4. The molecule has 236 valence electrons. The fraction of sp³-hybridized carbons (Fsp3) is 0. The quantitative estimate of drug-likeness (QED) is 0.159. The van der Waals surface area contributed by atoms with E-state index in [0.717, 1.165) is 44.8 Å². The van der Waals surface area contributed by atoms with Crippen molar-refractivity contribution in [3.8, 4) is 33.6 Å². The Kier molecular flexibility index (Phi) is 7.29. The third-order valence-electron chi connectivity index (χ3n) is 9.58. The number of nitrogens with zero attached hydrogens (tertiary/aromatic N) is 3. The van der Waals surface area contributed by atoms with Gasteiger partial charge in [-0.25, -0.2) is 0 Å². The Balaban J connectivity index is 1.24. The molecule has 0 saturated carbocycles. The molecule has 0 bridgehead atoms. The minimum atomic E-state index is 1.06. The molecule has 0 radical (unpaired) electrons. The van der Waals surface area contributed by atoms with E-state index in [2.05, 4.69) is 191 Å². The summed E-state index contributed by atoms with van der Waals surface area (Å²) in [6.45, 7) is 4.27. The summed E-state index contributed by atoms with van der Waals surface area (Å²) < 4.78 is 4.72. The first-order chi connectivity index (χ1) is 24.7. The fourth-order valence-electron chi connectivity index (χ4n) is 7.25. The van der Waals surface area contributed by atoms with Crippen LogP contribution in [-0.2, 0) is 0 Å². The summed E-state index contributed by atoms with van der Waals surface area (Å²) >= 11 is 0. The van der Waals surface area contributed by atoms with Crippen LogP contribution in [0.4, 0.5) is 0 Å². The van der Waals surface area contributed by atoms with Crippen LogP contribution in [0.1, 0.15) is 11.3 Å². The molecule has 3 aromatic heterocycles. The summed E-state index contributed by atoms with van der Waals surface area (Å²) in [5, 5.41) is 3.61. The van der Waals surface area contributed by atoms with E-state index in [4.69, 9.17) is 0 Å². The number of benzene rings is 6. The second-order valence-electron chi connectivity index (χ2n) is 12.6. The molecule has 0 unspecified atom stereocenters. The van der Waals surface area contributed by atoms with Gasteiger partial charge in [0, 0.05) is 45.6 Å². The number of para-hydroxylation sites is 3. The molecule has 9 aromatic rings. The zero-order valence-corrected chi connectivity index (χ0v) is 27.4. The van der Waals surface area contributed by atoms with E-state index in [9.17, 15) is 0 Å². The van der Waals surface area contributed by atoms with Crippen molar-refractivity contribution < 1.29 is 0 Å². The first-order valence-corrected chi connectivity index (χ1v) is 16.9. The molecule has 0 atom stereocenters. The van der Waals surface area contributed by atoms with E-state index in [-0.39, 0.29) is 0 Å². The molecular formula is C47H33N3. The summed E-state index contributed by atoms with van der Waals surface area (Å²) in [7, 11) is 0. The maximum Gasteiger partial charge on any atom is 0.0541 e. The first-order valence-electron chi connectivity index (χ1n) is 16.9. The van der Waals surface area contributed by atoms with Crippen molar-refractivity contribution in [3.63, 3.8) is 0 Å². The lowest BCUT2D eigenvalue weighted by Gasteiger charge is -2.14. The molecule has 3 heteroatoms. The lowest BCUT2D eigenvalue weighted by molar-refractivity contribution is 1.11. The second-order valence-corrected chi connectivity index (χ2v) is 12.6. The normalized spacial score (nSPS) is 11.8. The molecule has 0 aliphatic heterocycles. The lowest BCUT2D eigenvalue weighted by Crippen LogP contribution is -1.97. The largest absolute Gasteiger partial charge is 0.310 e. The maximum absolute atomic E-state index is 4.27. The van der Waals surface area contributed by atoms with Gasteiger partial charge in [0.15, 0.2) is 0 Å². The van der Waals surface area contributed by atoms with Crippen molar-refractivity contribution in [1.82, 2.24) is 14.1 Å². The molecule has 50 heavy (non-hydrogen) atoms. The Labute approximate surface area is 291 Å². The van der Waals surface area contributed by atoms with Crippen molar-refractivity contribution in [2.24, 2.45) is 0 Å². The molecular weight excluding hydrogens is 607 g/mol. The molecule has 0 spiro atoms. The van der Waals surface area contributed by atoms with Gasteiger partial charge in [-0.15, -0.1) is 0 Å². The van der Waals surface area contributed by atoms with Gasteiger partial charge in [0.1, 0.15) is 0 Å². The van der Waals surface area contributed by atoms with Gasteiger partial charge in [0.25, 0.3) is 0 Å². The van der Waals surface area contributed by atoms with Crippen LogP contribution < -0.4 is 0 Å². The number of hydrogen-bond donors (Lipinski definition) is 0. The Bertz CT molecular complexity index is 2640. The van der Waals surface area contributed by atoms with E-state index >= 15 is 0 Å². The molecule has 0 aliphatic carbocycles. The van der Waals surface area contributed by atoms with Gasteiger partial charge in [-0.3, -0.25) is 4.98 Å². The SMILES string of the molecule is C=C/C(=C\c1cc2ccccc2n1-c1ccccc1)c1ccc2c(c1)c1ccccc1n2-c1cc(-c2ccccc2)cc(-c2ccncc2)c1. The summed E-state index contributed by atoms with van der Waals surface area (Å²) in [5.74, 6) is 0. The molecule has 9 rings (SSSR count). The molecule has 3 nitrogen and oxygen atoms in total. The molecule has 6 aromatic carbocycles. The van der Waals surface area contributed by atoms with Crippen LogP contribution in [0.2, 0.25) is 0 Å². The molecule has 3 heterocycles. The van der Waals surface area contributed by atoms with Crippen molar-refractivity contribution in [2.45, 2.75) is 0 Å². The standard InChI is InChI=1S/C47H33N3/c1-2-33(28-41-29-37-15-9-11-19-45(37)49(41)40-16-7-4-8-17-40)36-21-22-47-44(32-36)43-18-10-12-20-46(43)50(47)42-30-38(34-13-5-3-6-14-34)27-39(31-42)35-23-25-48-26-24-35/h2-32H,1H2/b33-28+. The first kappa shape index (κ1) is 29.4. The van der Waals surface area contributed by atoms with Gasteiger partial charge in [-0.1, -0.05) is 104 Å². The number of allylic oxidation sites excluding steroid dienone is 2. The van der Waals surface area contributed by atoms with Crippen LogP contribution in [0.3, 0.4) is 0 Å². The number of rotatable bonds is 7. The highest BCUT2D eigenvalue weighted by atomic mass is 15.0. The average Bonchev–Trinajstić information content (AvgIpc) is 3.73. The van der Waals surface area contributed by atoms with Crippen molar-refractivity contribution in [1.29, 1.82) is 0 Å². The predicted octanol–water partition coefficient (Wildman–Crippen LogP) is 12.2. The molecule has 0 aliphatic rings. The zero-order chi connectivity index (χ0) is 33.4. The van der Waals surface area contributed by atoms with Crippen LogP contribution in [0.15, 0.2) is 189 Å². The van der Waals surface area contributed by atoms with Gasteiger partial charge in [-0.05, 0) is 112 Å². The van der Waals surface area contributed by atoms with Crippen molar-refractivity contribution in [3.05, 3.63) is 200 Å². The topological polar surface area (TPSA) is 22.8 Å². The average molecular weight is 640 g/mol. The highest BCUT2D eigenvalue weighted by Crippen LogP contribution is 2.38. The van der Waals surface area contributed by atoms with Gasteiger partial charge < -0.3 is 9.13 Å². The highest BCUT2D eigenvalue weighted by molar-refractivity contribution is 6.11. The Morgan fingerprint density at radius 2 is 1.12 bits per heavy atom. The van der Waals surface area contributed by atoms with Gasteiger partial charge in [0.05, 0.1) is 16.6 Å². The number of pyridine rings is 1. The van der Waals surface area contributed by atoms with E-state index < -0.39 is 0 Å². The Hall–Kier alpha value is -6.71. The van der Waals surface area contributed by atoms with Gasteiger partial charge >= 0.3 is 0 Å². The smallest absolute Gasteiger partial charge is 0.0541 e. The van der Waals surface area contributed by atoms with Crippen LogP contribution in [-0.4, -0.2) is 14.1 Å². The summed E-state index contributed by atoms with van der Waals surface area (Å²) in [4.78, 5) is 4.27. The third-order valence-corrected chi connectivity index (χ3v) is 9.58. The summed E-state index contributed by atoms with van der Waals surface area (Å²) in [6, 6.07) is 58.5. The zero-order valence-electron chi connectivity index (χ0n) is 27.4. The third kappa shape index (κ3) is 5.13. The van der Waals surface area contributed by atoms with Crippen molar-refractivity contribution in [2.75, 3.05) is 0 Å². The van der Waals surface area contributed by atoms with Crippen LogP contribution in [0.25, 0.3) is 78.0 Å².